The van der Waals surface area contributed by atoms with Gasteiger partial charge in [-0.2, -0.15) is 0 Å². The fraction of sp³-hybridized carbons (Fsp3) is 0.455. The van der Waals surface area contributed by atoms with Crippen molar-refractivity contribution in [3.05, 3.63) is 16.5 Å². The highest BCUT2D eigenvalue weighted by atomic mass is 32.1. The van der Waals surface area contributed by atoms with Crippen molar-refractivity contribution in [1.82, 2.24) is 20.2 Å². The third-order valence-electron chi connectivity index (χ3n) is 2.77. The first kappa shape index (κ1) is 12.7. The zero-order chi connectivity index (χ0) is 13.3. The minimum Gasteiger partial charge on any atom is -0.481 e. The number of aliphatic carboxylic acids is 1. The molecule has 1 atom stereocenters. The number of carbonyl (C=O) groups is 1. The number of carboxylic acid groups (broad SMARTS) is 1. The third kappa shape index (κ3) is 2.40. The van der Waals surface area contributed by atoms with Gasteiger partial charge in [-0.15, -0.1) is 16.4 Å². The topological polar surface area (TPSA) is 80.9 Å². The summed E-state index contributed by atoms with van der Waals surface area (Å²) in [5.41, 5.74) is 1.19. The minimum absolute atomic E-state index is 0.00137. The number of carboxylic acids is 1. The number of rotatable bonds is 4. The molecule has 0 aliphatic carbocycles. The maximum Gasteiger partial charge on any atom is 0.305 e. The lowest BCUT2D eigenvalue weighted by Crippen LogP contribution is -2.13. The molecule has 2 heterocycles. The van der Waals surface area contributed by atoms with E-state index in [9.17, 15) is 4.79 Å². The van der Waals surface area contributed by atoms with Crippen molar-refractivity contribution in [1.29, 1.82) is 0 Å². The summed E-state index contributed by atoms with van der Waals surface area (Å²) in [5.74, 6) is -0.229. The molecule has 0 aliphatic rings. The summed E-state index contributed by atoms with van der Waals surface area (Å²) in [6.45, 7) is 5.86. The van der Waals surface area contributed by atoms with E-state index in [2.05, 4.69) is 15.5 Å². The molecule has 0 fully saturated rings. The first-order chi connectivity index (χ1) is 8.49. The molecule has 2 aromatic rings. The van der Waals surface area contributed by atoms with Gasteiger partial charge in [-0.25, -0.2) is 4.68 Å². The molecule has 0 amide bonds. The van der Waals surface area contributed by atoms with Gasteiger partial charge in [0, 0.05) is 4.88 Å². The summed E-state index contributed by atoms with van der Waals surface area (Å²) >= 11 is 1.61. The first-order valence-corrected chi connectivity index (χ1v) is 6.37. The number of aromatic nitrogens is 4. The van der Waals surface area contributed by atoms with E-state index >= 15 is 0 Å². The molecular weight excluding hydrogens is 252 g/mol. The van der Waals surface area contributed by atoms with E-state index in [1.807, 2.05) is 19.9 Å². The highest BCUT2D eigenvalue weighted by Gasteiger charge is 2.18. The van der Waals surface area contributed by atoms with Gasteiger partial charge in [-0.05, 0) is 42.8 Å². The summed E-state index contributed by atoms with van der Waals surface area (Å²) in [6, 6.07) is 1.76. The second kappa shape index (κ2) is 4.85. The quantitative estimate of drug-likeness (QED) is 0.916. The van der Waals surface area contributed by atoms with Crippen LogP contribution in [0.2, 0.25) is 0 Å². The molecule has 0 bridgehead atoms. The maximum atomic E-state index is 10.7. The molecule has 0 aromatic carbocycles. The highest BCUT2D eigenvalue weighted by molar-refractivity contribution is 7.15. The molecule has 0 saturated carbocycles. The zero-order valence-electron chi connectivity index (χ0n) is 10.4. The molecule has 18 heavy (non-hydrogen) atoms. The van der Waals surface area contributed by atoms with Crippen LogP contribution in [-0.4, -0.2) is 31.3 Å². The lowest BCUT2D eigenvalue weighted by Gasteiger charge is -2.09. The van der Waals surface area contributed by atoms with Gasteiger partial charge in [0.15, 0.2) is 5.82 Å². The van der Waals surface area contributed by atoms with Gasteiger partial charge in [0.05, 0.1) is 17.3 Å². The summed E-state index contributed by atoms with van der Waals surface area (Å²) in [4.78, 5) is 12.9. The van der Waals surface area contributed by atoms with Crippen LogP contribution in [0.25, 0.3) is 10.7 Å². The van der Waals surface area contributed by atoms with Gasteiger partial charge in [0.25, 0.3) is 0 Å². The second-order valence-corrected chi connectivity index (χ2v) is 5.50. The molecule has 1 unspecified atom stereocenters. The monoisotopic (exact) mass is 266 g/mol. The Kier molecular flexibility index (Phi) is 3.42. The lowest BCUT2D eigenvalue weighted by molar-refractivity contribution is -0.137. The van der Waals surface area contributed by atoms with Crippen molar-refractivity contribution < 1.29 is 9.90 Å². The standard InChI is InChI=1S/C11H14N4O2S/c1-6-4-9(18-8(6)3)11-12-13-14-15(11)7(2)5-10(16)17/h4,7H,5H2,1-3H3,(H,16,17). The van der Waals surface area contributed by atoms with E-state index in [-0.39, 0.29) is 12.5 Å². The molecule has 0 radical (unpaired) electrons. The Bertz CT molecular complexity index is 556. The smallest absolute Gasteiger partial charge is 0.305 e. The van der Waals surface area contributed by atoms with E-state index in [1.54, 1.807) is 22.9 Å². The third-order valence-corrected chi connectivity index (χ3v) is 3.92. The van der Waals surface area contributed by atoms with Gasteiger partial charge in [0.1, 0.15) is 0 Å². The predicted molar refractivity (Wildman–Crippen MR) is 67.6 cm³/mol. The molecule has 96 valence electrons. The van der Waals surface area contributed by atoms with Crippen LogP contribution in [0.4, 0.5) is 0 Å². The van der Waals surface area contributed by atoms with Crippen LogP contribution in [-0.2, 0) is 4.79 Å². The molecule has 6 nitrogen and oxygen atoms in total. The zero-order valence-corrected chi connectivity index (χ0v) is 11.2. The van der Waals surface area contributed by atoms with Crippen LogP contribution in [0.3, 0.4) is 0 Å². The fourth-order valence-electron chi connectivity index (χ4n) is 1.68. The van der Waals surface area contributed by atoms with E-state index in [1.165, 1.54) is 10.4 Å². The summed E-state index contributed by atoms with van der Waals surface area (Å²) in [6.07, 6.45) is 0.00137. The molecule has 7 heteroatoms. The highest BCUT2D eigenvalue weighted by Crippen LogP contribution is 2.30. The summed E-state index contributed by atoms with van der Waals surface area (Å²) in [5, 5.41) is 20.3. The predicted octanol–water partition coefficient (Wildman–Crippen LogP) is 2.05. The fourth-order valence-corrected chi connectivity index (χ4v) is 2.69. The van der Waals surface area contributed by atoms with Gasteiger partial charge in [-0.1, -0.05) is 0 Å². The van der Waals surface area contributed by atoms with Gasteiger partial charge in [-0.3, -0.25) is 4.79 Å². The maximum absolute atomic E-state index is 10.7. The van der Waals surface area contributed by atoms with E-state index < -0.39 is 5.97 Å². The average Bonchev–Trinajstić information content (AvgIpc) is 2.85. The van der Waals surface area contributed by atoms with Crippen molar-refractivity contribution in [2.24, 2.45) is 0 Å². The Labute approximate surface area is 108 Å². The van der Waals surface area contributed by atoms with Crippen molar-refractivity contribution in [3.8, 4) is 10.7 Å². The lowest BCUT2D eigenvalue weighted by atomic mass is 10.2. The Hall–Kier alpha value is -1.76. The molecule has 0 spiro atoms. The van der Waals surface area contributed by atoms with Crippen molar-refractivity contribution in [3.63, 3.8) is 0 Å². The van der Waals surface area contributed by atoms with E-state index in [0.29, 0.717) is 5.82 Å². The number of aryl methyl sites for hydroxylation is 2. The Morgan fingerprint density at radius 3 is 2.83 bits per heavy atom. The Morgan fingerprint density at radius 2 is 2.28 bits per heavy atom. The molecule has 2 rings (SSSR count). The molecule has 0 saturated heterocycles. The van der Waals surface area contributed by atoms with Crippen LogP contribution in [0, 0.1) is 13.8 Å². The van der Waals surface area contributed by atoms with Crippen LogP contribution < -0.4 is 0 Å². The molecular formula is C11H14N4O2S. The normalized spacial score (nSPS) is 12.6. The van der Waals surface area contributed by atoms with E-state index in [0.717, 1.165) is 4.88 Å². The minimum atomic E-state index is -0.859. The summed E-state index contributed by atoms with van der Waals surface area (Å²) in [7, 11) is 0. The Morgan fingerprint density at radius 1 is 1.56 bits per heavy atom. The first-order valence-electron chi connectivity index (χ1n) is 5.56. The van der Waals surface area contributed by atoms with Crippen LogP contribution >= 0.6 is 11.3 Å². The van der Waals surface area contributed by atoms with Crippen LogP contribution in [0.15, 0.2) is 6.07 Å². The van der Waals surface area contributed by atoms with Crippen LogP contribution in [0.5, 0.6) is 0 Å². The number of hydrogen-bond donors (Lipinski definition) is 1. The van der Waals surface area contributed by atoms with Crippen LogP contribution in [0.1, 0.15) is 29.8 Å². The largest absolute Gasteiger partial charge is 0.481 e. The van der Waals surface area contributed by atoms with E-state index in [4.69, 9.17) is 5.11 Å². The van der Waals surface area contributed by atoms with Gasteiger partial charge >= 0.3 is 5.97 Å². The number of nitrogens with zero attached hydrogens (tertiary/aromatic N) is 4. The van der Waals surface area contributed by atoms with Crippen molar-refractivity contribution in [2.75, 3.05) is 0 Å². The van der Waals surface area contributed by atoms with Gasteiger partial charge < -0.3 is 5.11 Å². The average molecular weight is 266 g/mol. The number of tetrazole rings is 1. The summed E-state index contributed by atoms with van der Waals surface area (Å²) < 4.78 is 1.57. The second-order valence-electron chi connectivity index (χ2n) is 4.24. The molecule has 2 aromatic heterocycles. The van der Waals surface area contributed by atoms with Gasteiger partial charge in [0.2, 0.25) is 0 Å². The molecule has 1 N–H and O–H groups in total. The molecule has 0 aliphatic heterocycles. The SMILES string of the molecule is Cc1cc(-c2nnnn2C(C)CC(=O)O)sc1C. The van der Waals surface area contributed by atoms with Crippen molar-refractivity contribution >= 4 is 17.3 Å². The number of thiophene rings is 1. The Balaban J connectivity index is 2.35. The van der Waals surface area contributed by atoms with Crippen molar-refractivity contribution in [2.45, 2.75) is 33.2 Å². The number of hydrogen-bond acceptors (Lipinski definition) is 5.